The number of nitrogens with one attached hydrogen (secondary N) is 1. The summed E-state index contributed by atoms with van der Waals surface area (Å²) in [7, 11) is 0. The van der Waals surface area contributed by atoms with E-state index in [0.29, 0.717) is 5.56 Å². The fourth-order valence-corrected chi connectivity index (χ4v) is 1.31. The Morgan fingerprint density at radius 2 is 1.88 bits per heavy atom. The van der Waals surface area contributed by atoms with E-state index in [1.807, 2.05) is 0 Å². The summed E-state index contributed by atoms with van der Waals surface area (Å²) in [5.41, 5.74) is -0.542. The third kappa shape index (κ3) is 2.15. The second-order valence-electron chi connectivity index (χ2n) is 3.33. The number of phenolic OH excluding ortho intramolecular Hbond substituents is 1. The van der Waals surface area contributed by atoms with Crippen molar-refractivity contribution < 1.29 is 15.0 Å². The Balaban J connectivity index is 2.48. The second-order valence-corrected chi connectivity index (χ2v) is 3.33. The molecule has 0 bridgehead atoms. The van der Waals surface area contributed by atoms with Crippen molar-refractivity contribution in [2.75, 3.05) is 0 Å². The number of hydrogen-bond acceptors (Lipinski definition) is 4. The van der Waals surface area contributed by atoms with Gasteiger partial charge in [0.15, 0.2) is 0 Å². The van der Waals surface area contributed by atoms with Gasteiger partial charge in [-0.3, -0.25) is 4.79 Å². The monoisotopic (exact) mass is 232 g/mol. The van der Waals surface area contributed by atoms with Gasteiger partial charge in [-0.15, -0.1) is 0 Å². The van der Waals surface area contributed by atoms with E-state index in [9.17, 15) is 9.59 Å². The zero-order chi connectivity index (χ0) is 12.4. The number of carboxylic acid groups (broad SMARTS) is 1. The maximum Gasteiger partial charge on any atom is 0.342 e. The summed E-state index contributed by atoms with van der Waals surface area (Å²) in [6.45, 7) is 0. The lowest BCUT2D eigenvalue weighted by Gasteiger charge is -2.01. The Morgan fingerprint density at radius 1 is 1.24 bits per heavy atom. The molecule has 86 valence electrons. The minimum atomic E-state index is -1.32. The predicted molar refractivity (Wildman–Crippen MR) is 58.9 cm³/mol. The van der Waals surface area contributed by atoms with E-state index in [1.165, 1.54) is 12.1 Å². The molecular formula is C11H8N2O4. The van der Waals surface area contributed by atoms with Gasteiger partial charge in [0.25, 0.3) is 5.56 Å². The number of nitrogens with zero attached hydrogens (tertiary/aromatic N) is 1. The Hall–Kier alpha value is -2.63. The molecule has 1 aromatic carbocycles. The zero-order valence-electron chi connectivity index (χ0n) is 8.54. The van der Waals surface area contributed by atoms with E-state index >= 15 is 0 Å². The molecule has 0 saturated carbocycles. The average Bonchev–Trinajstić information content (AvgIpc) is 2.29. The highest BCUT2D eigenvalue weighted by molar-refractivity contribution is 5.86. The summed E-state index contributed by atoms with van der Waals surface area (Å²) in [6, 6.07) is 6.02. The maximum atomic E-state index is 11.4. The third-order valence-corrected chi connectivity index (χ3v) is 2.17. The van der Waals surface area contributed by atoms with Gasteiger partial charge in [-0.1, -0.05) is 0 Å². The smallest absolute Gasteiger partial charge is 0.342 e. The van der Waals surface area contributed by atoms with Crippen LogP contribution in [-0.2, 0) is 0 Å². The van der Waals surface area contributed by atoms with Gasteiger partial charge in [0.2, 0.25) is 0 Å². The average molecular weight is 232 g/mol. The molecule has 17 heavy (non-hydrogen) atoms. The number of benzene rings is 1. The lowest BCUT2D eigenvalue weighted by atomic mass is 10.2. The number of hydrogen-bond donors (Lipinski definition) is 3. The second kappa shape index (κ2) is 4.09. The van der Waals surface area contributed by atoms with Crippen LogP contribution >= 0.6 is 0 Å². The molecule has 0 amide bonds. The quantitative estimate of drug-likeness (QED) is 0.711. The molecule has 0 aliphatic carbocycles. The molecule has 1 aromatic heterocycles. The normalized spacial score (nSPS) is 10.1. The van der Waals surface area contributed by atoms with E-state index in [-0.39, 0.29) is 11.6 Å². The molecule has 3 N–H and O–H groups in total. The van der Waals surface area contributed by atoms with Crippen molar-refractivity contribution >= 4 is 5.97 Å². The topological polar surface area (TPSA) is 103 Å². The first-order valence-corrected chi connectivity index (χ1v) is 4.70. The minimum Gasteiger partial charge on any atom is -0.508 e. The van der Waals surface area contributed by atoms with Crippen LogP contribution in [0.5, 0.6) is 5.75 Å². The van der Waals surface area contributed by atoms with Crippen LogP contribution in [0.1, 0.15) is 10.4 Å². The molecule has 0 unspecified atom stereocenters. The fraction of sp³-hybridized carbons (Fsp3) is 0. The van der Waals surface area contributed by atoms with Crippen LogP contribution in [0.25, 0.3) is 11.4 Å². The Kier molecular flexibility index (Phi) is 2.61. The van der Waals surface area contributed by atoms with E-state index in [4.69, 9.17) is 10.2 Å². The van der Waals surface area contributed by atoms with Gasteiger partial charge in [-0.05, 0) is 24.3 Å². The number of aromatic amines is 1. The molecule has 0 aliphatic rings. The summed E-state index contributed by atoms with van der Waals surface area (Å²) in [4.78, 5) is 28.2. The van der Waals surface area contributed by atoms with Crippen LogP contribution in [-0.4, -0.2) is 26.2 Å². The molecular weight excluding hydrogens is 224 g/mol. The number of H-pyrrole nitrogens is 1. The van der Waals surface area contributed by atoms with Gasteiger partial charge in [-0.25, -0.2) is 9.78 Å². The highest BCUT2D eigenvalue weighted by atomic mass is 16.4. The minimum absolute atomic E-state index is 0.0956. The summed E-state index contributed by atoms with van der Waals surface area (Å²) >= 11 is 0. The van der Waals surface area contributed by atoms with Crippen molar-refractivity contribution in [2.24, 2.45) is 0 Å². The number of aromatic hydroxyl groups is 1. The molecule has 0 fully saturated rings. The number of aromatic nitrogens is 2. The molecule has 0 saturated heterocycles. The van der Waals surface area contributed by atoms with Crippen LogP contribution in [0.2, 0.25) is 0 Å². The highest BCUT2D eigenvalue weighted by Crippen LogP contribution is 2.17. The van der Waals surface area contributed by atoms with Gasteiger partial charge in [0, 0.05) is 11.8 Å². The van der Waals surface area contributed by atoms with Crippen molar-refractivity contribution in [3.05, 3.63) is 46.4 Å². The highest BCUT2D eigenvalue weighted by Gasteiger charge is 2.10. The van der Waals surface area contributed by atoms with E-state index in [2.05, 4.69) is 9.97 Å². The first-order valence-electron chi connectivity index (χ1n) is 4.70. The SMILES string of the molecule is O=C(O)c1cnc(-c2ccc(O)cc2)[nH]c1=O. The molecule has 2 rings (SSSR count). The predicted octanol–water partition coefficient (Wildman–Crippen LogP) is 0.841. The number of rotatable bonds is 2. The first kappa shape index (κ1) is 10.9. The molecule has 0 atom stereocenters. The van der Waals surface area contributed by atoms with Crippen LogP contribution in [0.3, 0.4) is 0 Å². The summed E-state index contributed by atoms with van der Waals surface area (Å²) in [5, 5.41) is 17.8. The van der Waals surface area contributed by atoms with Crippen molar-refractivity contribution in [1.82, 2.24) is 9.97 Å². The van der Waals surface area contributed by atoms with Gasteiger partial charge in [0.05, 0.1) is 0 Å². The lowest BCUT2D eigenvalue weighted by Crippen LogP contribution is -2.18. The van der Waals surface area contributed by atoms with Crippen LogP contribution in [0.15, 0.2) is 35.3 Å². The van der Waals surface area contributed by atoms with Gasteiger partial charge in [0.1, 0.15) is 17.1 Å². The van der Waals surface area contributed by atoms with Crippen LogP contribution in [0.4, 0.5) is 0 Å². The van der Waals surface area contributed by atoms with E-state index < -0.39 is 17.1 Å². The van der Waals surface area contributed by atoms with E-state index in [0.717, 1.165) is 6.20 Å². The molecule has 1 heterocycles. The summed E-state index contributed by atoms with van der Waals surface area (Å²) < 4.78 is 0. The third-order valence-electron chi connectivity index (χ3n) is 2.17. The Labute approximate surface area is 95.2 Å². The fourth-order valence-electron chi connectivity index (χ4n) is 1.31. The first-order chi connectivity index (χ1) is 8.08. The number of phenols is 1. The molecule has 0 radical (unpaired) electrons. The number of aromatic carboxylic acids is 1. The number of carbonyl (C=O) groups is 1. The van der Waals surface area contributed by atoms with Gasteiger partial charge >= 0.3 is 5.97 Å². The largest absolute Gasteiger partial charge is 0.508 e. The Morgan fingerprint density at radius 3 is 2.41 bits per heavy atom. The number of carboxylic acids is 1. The van der Waals surface area contributed by atoms with Crippen molar-refractivity contribution in [3.63, 3.8) is 0 Å². The van der Waals surface area contributed by atoms with Gasteiger partial charge < -0.3 is 15.2 Å². The van der Waals surface area contributed by atoms with Crippen LogP contribution in [0, 0.1) is 0 Å². The molecule has 6 nitrogen and oxygen atoms in total. The molecule has 0 spiro atoms. The zero-order valence-corrected chi connectivity index (χ0v) is 8.54. The summed E-state index contributed by atoms with van der Waals surface area (Å²) in [6.07, 6.45) is 1.00. The van der Waals surface area contributed by atoms with Crippen molar-refractivity contribution in [3.8, 4) is 17.1 Å². The molecule has 0 aliphatic heterocycles. The molecule has 2 aromatic rings. The molecule has 6 heteroatoms. The standard InChI is InChI=1S/C11H8N2O4/c14-7-3-1-6(2-4-7)9-12-5-8(11(16)17)10(15)13-9/h1-5,14H,(H,16,17)(H,12,13,15). The maximum absolute atomic E-state index is 11.4. The van der Waals surface area contributed by atoms with E-state index in [1.54, 1.807) is 12.1 Å². The van der Waals surface area contributed by atoms with Crippen molar-refractivity contribution in [2.45, 2.75) is 0 Å². The van der Waals surface area contributed by atoms with Crippen molar-refractivity contribution in [1.29, 1.82) is 0 Å². The van der Waals surface area contributed by atoms with Gasteiger partial charge in [-0.2, -0.15) is 0 Å². The Bertz CT molecular complexity index is 616. The van der Waals surface area contributed by atoms with Crippen LogP contribution < -0.4 is 5.56 Å². The lowest BCUT2D eigenvalue weighted by molar-refractivity contribution is 0.0694. The summed E-state index contributed by atoms with van der Waals surface area (Å²) in [5.74, 6) is -0.978.